The Balaban J connectivity index is 2.61. The smallest absolute Gasteiger partial charge is 0.241 e. The number of rotatable bonds is 8. The van der Waals surface area contributed by atoms with Gasteiger partial charge in [0.1, 0.15) is 0 Å². The van der Waals surface area contributed by atoms with Crippen LogP contribution in [-0.2, 0) is 9.53 Å². The summed E-state index contributed by atoms with van der Waals surface area (Å²) in [6.45, 7) is 8.64. The highest BCUT2D eigenvalue weighted by Crippen LogP contribution is 2.11. The van der Waals surface area contributed by atoms with E-state index < -0.39 is 0 Å². The number of hydrogen-bond donors (Lipinski definition) is 1. The number of carbonyl (C=O) groups is 1. The minimum atomic E-state index is -0.249. The molecule has 0 bridgehead atoms. The second kappa shape index (κ2) is 9.11. The number of nitrogens with zero attached hydrogens (tertiary/aromatic N) is 2. The molecule has 1 amide bonds. The van der Waals surface area contributed by atoms with Gasteiger partial charge in [0.15, 0.2) is 0 Å². The summed E-state index contributed by atoms with van der Waals surface area (Å²) < 4.78 is 5.33. The van der Waals surface area contributed by atoms with Gasteiger partial charge in [-0.3, -0.25) is 9.69 Å². The molecule has 21 heavy (non-hydrogen) atoms. The predicted molar refractivity (Wildman–Crippen MR) is 83.0 cm³/mol. The van der Waals surface area contributed by atoms with Gasteiger partial charge in [-0.2, -0.15) is 5.26 Å². The highest BCUT2D eigenvalue weighted by Gasteiger charge is 2.19. The molecule has 1 aromatic carbocycles. The Morgan fingerprint density at radius 3 is 2.86 bits per heavy atom. The van der Waals surface area contributed by atoms with Crippen LogP contribution in [0.1, 0.15) is 26.3 Å². The monoisotopic (exact) mass is 289 g/mol. The number of benzene rings is 1. The molecule has 1 rings (SSSR count). The van der Waals surface area contributed by atoms with Crippen LogP contribution in [-0.4, -0.2) is 43.2 Å². The molecule has 0 spiro atoms. The molecule has 0 saturated carbocycles. The van der Waals surface area contributed by atoms with Gasteiger partial charge in [-0.05, 0) is 38.6 Å². The molecule has 0 radical (unpaired) electrons. The van der Waals surface area contributed by atoms with Gasteiger partial charge >= 0.3 is 0 Å². The van der Waals surface area contributed by atoms with E-state index in [2.05, 4.69) is 16.3 Å². The van der Waals surface area contributed by atoms with Crippen LogP contribution in [0.5, 0.6) is 0 Å². The van der Waals surface area contributed by atoms with Crippen molar-refractivity contribution in [1.29, 1.82) is 5.26 Å². The third-order valence-electron chi connectivity index (χ3n) is 3.32. The first-order valence-electron chi connectivity index (χ1n) is 7.25. The van der Waals surface area contributed by atoms with Crippen molar-refractivity contribution in [3.8, 4) is 6.07 Å². The molecule has 0 fully saturated rings. The lowest BCUT2D eigenvalue weighted by Gasteiger charge is -2.26. The second-order valence-corrected chi connectivity index (χ2v) is 4.68. The lowest BCUT2D eigenvalue weighted by Crippen LogP contribution is -2.43. The number of nitrogens with one attached hydrogen (secondary N) is 1. The summed E-state index contributed by atoms with van der Waals surface area (Å²) >= 11 is 0. The van der Waals surface area contributed by atoms with E-state index in [-0.39, 0.29) is 11.9 Å². The van der Waals surface area contributed by atoms with Crippen LogP contribution in [0.15, 0.2) is 24.3 Å². The molecule has 5 heteroatoms. The molecule has 0 aromatic heterocycles. The first-order valence-corrected chi connectivity index (χ1v) is 7.25. The van der Waals surface area contributed by atoms with Gasteiger partial charge in [-0.25, -0.2) is 0 Å². The number of ether oxygens (including phenoxy) is 1. The zero-order chi connectivity index (χ0) is 15.7. The van der Waals surface area contributed by atoms with E-state index >= 15 is 0 Å². The first-order chi connectivity index (χ1) is 10.1. The van der Waals surface area contributed by atoms with Crippen LogP contribution in [0, 0.1) is 11.3 Å². The van der Waals surface area contributed by atoms with Crippen LogP contribution in [0.25, 0.3) is 0 Å². The highest BCUT2D eigenvalue weighted by molar-refractivity contribution is 5.94. The minimum absolute atomic E-state index is 0.0801. The molecular weight excluding hydrogens is 266 g/mol. The third-order valence-corrected chi connectivity index (χ3v) is 3.32. The van der Waals surface area contributed by atoms with E-state index in [0.29, 0.717) is 24.5 Å². The first kappa shape index (κ1) is 17.2. The zero-order valence-corrected chi connectivity index (χ0v) is 12.9. The summed E-state index contributed by atoms with van der Waals surface area (Å²) in [7, 11) is 0. The van der Waals surface area contributed by atoms with E-state index in [1.54, 1.807) is 24.3 Å². The fourth-order valence-corrected chi connectivity index (χ4v) is 2.03. The van der Waals surface area contributed by atoms with Gasteiger partial charge in [0.2, 0.25) is 5.91 Å². The van der Waals surface area contributed by atoms with Crippen molar-refractivity contribution >= 4 is 11.6 Å². The summed E-state index contributed by atoms with van der Waals surface area (Å²) in [5.41, 5.74) is 1.18. The van der Waals surface area contributed by atoms with E-state index in [1.165, 1.54) is 0 Å². The quantitative estimate of drug-likeness (QED) is 0.745. The zero-order valence-electron chi connectivity index (χ0n) is 12.9. The lowest BCUT2D eigenvalue weighted by atomic mass is 10.2. The fourth-order valence-electron chi connectivity index (χ4n) is 2.03. The second-order valence-electron chi connectivity index (χ2n) is 4.68. The standard InChI is InChI=1S/C16H23N3O2/c1-4-19(9-10-21-5-2)13(3)16(20)18-15-8-6-7-14(11-15)12-17/h6-8,11,13H,4-5,9-10H2,1-3H3,(H,18,20). The van der Waals surface area contributed by atoms with Crippen molar-refractivity contribution in [2.24, 2.45) is 0 Å². The number of amides is 1. The van der Waals surface area contributed by atoms with Crippen LogP contribution in [0.4, 0.5) is 5.69 Å². The molecule has 0 saturated heterocycles. The van der Waals surface area contributed by atoms with Crippen LogP contribution in [0.2, 0.25) is 0 Å². The van der Waals surface area contributed by atoms with E-state index in [0.717, 1.165) is 13.1 Å². The number of likely N-dealkylation sites (N-methyl/N-ethyl adjacent to an activating group) is 1. The molecule has 1 N–H and O–H groups in total. The van der Waals surface area contributed by atoms with E-state index in [9.17, 15) is 4.79 Å². The summed E-state index contributed by atoms with van der Waals surface area (Å²) in [5.74, 6) is -0.0801. The minimum Gasteiger partial charge on any atom is -0.380 e. The maximum atomic E-state index is 12.3. The predicted octanol–water partition coefficient (Wildman–Crippen LogP) is 2.24. The lowest BCUT2D eigenvalue weighted by molar-refractivity contribution is -0.120. The van der Waals surface area contributed by atoms with Gasteiger partial charge < -0.3 is 10.1 Å². The average Bonchev–Trinajstić information content (AvgIpc) is 2.51. The van der Waals surface area contributed by atoms with Crippen molar-refractivity contribution in [2.45, 2.75) is 26.8 Å². The van der Waals surface area contributed by atoms with Crippen molar-refractivity contribution < 1.29 is 9.53 Å². The summed E-state index contributed by atoms with van der Waals surface area (Å²) in [6.07, 6.45) is 0. The Bertz CT molecular complexity index is 497. The van der Waals surface area contributed by atoms with Gasteiger partial charge in [-0.1, -0.05) is 13.0 Å². The molecule has 0 heterocycles. The number of carbonyl (C=O) groups excluding carboxylic acids is 1. The number of hydrogen-bond acceptors (Lipinski definition) is 4. The highest BCUT2D eigenvalue weighted by atomic mass is 16.5. The van der Waals surface area contributed by atoms with E-state index in [4.69, 9.17) is 10.00 Å². The number of anilines is 1. The number of nitriles is 1. The molecule has 1 atom stereocenters. The Morgan fingerprint density at radius 2 is 2.24 bits per heavy atom. The molecule has 0 aliphatic carbocycles. The molecule has 0 aliphatic heterocycles. The molecule has 1 unspecified atom stereocenters. The molecule has 5 nitrogen and oxygen atoms in total. The van der Waals surface area contributed by atoms with Crippen molar-refractivity contribution in [2.75, 3.05) is 31.6 Å². The van der Waals surface area contributed by atoms with Gasteiger partial charge in [-0.15, -0.1) is 0 Å². The molecule has 0 aliphatic rings. The Labute approximate surface area is 126 Å². The molecular formula is C16H23N3O2. The van der Waals surface area contributed by atoms with E-state index in [1.807, 2.05) is 20.8 Å². The Morgan fingerprint density at radius 1 is 1.48 bits per heavy atom. The topological polar surface area (TPSA) is 65.4 Å². The third kappa shape index (κ3) is 5.54. The maximum absolute atomic E-state index is 12.3. The van der Waals surface area contributed by atoms with Gasteiger partial charge in [0.25, 0.3) is 0 Å². The Kier molecular flexibility index (Phi) is 7.44. The SMILES string of the molecule is CCOCCN(CC)C(C)C(=O)Nc1cccc(C#N)c1. The van der Waals surface area contributed by atoms with Crippen LogP contribution >= 0.6 is 0 Å². The summed E-state index contributed by atoms with van der Waals surface area (Å²) in [6, 6.07) is 8.72. The van der Waals surface area contributed by atoms with Crippen molar-refractivity contribution in [3.63, 3.8) is 0 Å². The van der Waals surface area contributed by atoms with Gasteiger partial charge in [0.05, 0.1) is 24.3 Å². The molecule has 1 aromatic rings. The Hall–Kier alpha value is -1.90. The molecule has 114 valence electrons. The largest absolute Gasteiger partial charge is 0.380 e. The van der Waals surface area contributed by atoms with Crippen molar-refractivity contribution in [1.82, 2.24) is 4.90 Å². The van der Waals surface area contributed by atoms with Gasteiger partial charge in [0, 0.05) is 18.8 Å². The summed E-state index contributed by atoms with van der Waals surface area (Å²) in [4.78, 5) is 14.3. The van der Waals surface area contributed by atoms with Crippen LogP contribution < -0.4 is 5.32 Å². The normalized spacial score (nSPS) is 12.0. The fraction of sp³-hybridized carbons (Fsp3) is 0.500. The van der Waals surface area contributed by atoms with Crippen molar-refractivity contribution in [3.05, 3.63) is 29.8 Å². The van der Waals surface area contributed by atoms with Crippen LogP contribution in [0.3, 0.4) is 0 Å². The average molecular weight is 289 g/mol. The maximum Gasteiger partial charge on any atom is 0.241 e. The summed E-state index contributed by atoms with van der Waals surface area (Å²) in [5, 5.41) is 11.7.